The Bertz CT molecular complexity index is 1660. The van der Waals surface area contributed by atoms with Crippen LogP contribution in [0.15, 0.2) is 73.1 Å². The number of H-pyrrole nitrogens is 1. The van der Waals surface area contributed by atoms with Gasteiger partial charge in [0.1, 0.15) is 28.8 Å². The molecule has 3 N–H and O–H groups in total. The summed E-state index contributed by atoms with van der Waals surface area (Å²) in [6.07, 6.45) is 5.92. The molecule has 1 fully saturated rings. The van der Waals surface area contributed by atoms with Crippen molar-refractivity contribution >= 4 is 28.6 Å². The monoisotopic (exact) mass is 524 g/mol. The molecule has 1 aliphatic rings. The van der Waals surface area contributed by atoms with E-state index in [1.807, 2.05) is 63.4 Å². The first-order valence-corrected chi connectivity index (χ1v) is 12.9. The molecule has 0 aliphatic heterocycles. The Morgan fingerprint density at radius 2 is 1.87 bits per heavy atom. The highest BCUT2D eigenvalue weighted by Gasteiger charge is 2.28. The molecule has 9 heteroatoms. The molecule has 6 rings (SSSR count). The Labute approximate surface area is 225 Å². The zero-order valence-corrected chi connectivity index (χ0v) is 22.0. The van der Waals surface area contributed by atoms with E-state index in [1.165, 1.54) is 17.7 Å². The van der Waals surface area contributed by atoms with Crippen LogP contribution in [-0.4, -0.2) is 25.8 Å². The van der Waals surface area contributed by atoms with Crippen LogP contribution in [-0.2, 0) is 5.41 Å². The first-order valence-electron chi connectivity index (χ1n) is 12.9. The van der Waals surface area contributed by atoms with Crippen molar-refractivity contribution in [2.24, 2.45) is 0 Å². The Hall–Kier alpha value is -4.66. The molecule has 5 aromatic rings. The van der Waals surface area contributed by atoms with Gasteiger partial charge in [0.25, 0.3) is 0 Å². The number of hydrogen-bond donors (Lipinski definition) is 3. The minimum Gasteiger partial charge on any atom is -0.456 e. The summed E-state index contributed by atoms with van der Waals surface area (Å²) in [5, 5.41) is 11.0. The number of pyridine rings is 1. The fraction of sp³-hybridized carbons (Fsp3) is 0.233. The Morgan fingerprint density at radius 1 is 1.08 bits per heavy atom. The number of urea groups is 1. The number of anilines is 2. The van der Waals surface area contributed by atoms with E-state index < -0.39 is 11.8 Å². The van der Waals surface area contributed by atoms with Crippen LogP contribution >= 0.6 is 0 Å². The van der Waals surface area contributed by atoms with Crippen molar-refractivity contribution in [3.63, 3.8) is 0 Å². The van der Waals surface area contributed by atoms with Crippen molar-refractivity contribution in [1.29, 1.82) is 0 Å². The zero-order chi connectivity index (χ0) is 27.1. The molecule has 0 radical (unpaired) electrons. The highest BCUT2D eigenvalue weighted by atomic mass is 19.1. The van der Waals surface area contributed by atoms with Crippen LogP contribution in [0.4, 0.5) is 20.7 Å². The van der Waals surface area contributed by atoms with Gasteiger partial charge in [0.15, 0.2) is 0 Å². The minimum atomic E-state index is -0.614. The summed E-state index contributed by atoms with van der Waals surface area (Å²) < 4.78 is 22.8. The third-order valence-corrected chi connectivity index (χ3v) is 6.72. The van der Waals surface area contributed by atoms with Gasteiger partial charge in [-0.25, -0.2) is 18.9 Å². The van der Waals surface area contributed by atoms with Crippen LogP contribution in [0.5, 0.6) is 11.5 Å². The van der Waals surface area contributed by atoms with Crippen LogP contribution in [0.25, 0.3) is 16.7 Å². The van der Waals surface area contributed by atoms with E-state index in [-0.39, 0.29) is 11.1 Å². The second kappa shape index (κ2) is 9.58. The number of hydrogen-bond acceptors (Lipinski definition) is 4. The number of nitrogens with zero attached hydrogens (tertiary/aromatic N) is 3. The standard InChI is InChI=1S/C30H29FN6O2/c1-30(2,3)25-16-26(37(36-25)19-7-5-4-6-8-19)35-29(38)34-23-12-11-20(15-22(23)31)39-24-13-14-32-28-27(24)21(17-33-28)18-9-10-18/h4-8,11-18H,9-10H2,1-3H3,(H,32,33)(H2,34,35,38). The van der Waals surface area contributed by atoms with Gasteiger partial charge in [-0.2, -0.15) is 5.10 Å². The van der Waals surface area contributed by atoms with E-state index in [0.717, 1.165) is 35.3 Å². The van der Waals surface area contributed by atoms with Crippen LogP contribution in [0.3, 0.4) is 0 Å². The lowest BCUT2D eigenvalue weighted by molar-refractivity contribution is 0.262. The smallest absolute Gasteiger partial charge is 0.324 e. The van der Waals surface area contributed by atoms with Crippen LogP contribution in [0.2, 0.25) is 0 Å². The quantitative estimate of drug-likeness (QED) is 0.214. The molecule has 0 saturated heterocycles. The number of carbonyl (C=O) groups excluding carboxylic acids is 1. The largest absolute Gasteiger partial charge is 0.456 e. The van der Waals surface area contributed by atoms with Crippen molar-refractivity contribution in [3.8, 4) is 17.2 Å². The molecule has 39 heavy (non-hydrogen) atoms. The molecule has 0 spiro atoms. The van der Waals surface area contributed by atoms with Gasteiger partial charge in [-0.1, -0.05) is 39.0 Å². The maximum Gasteiger partial charge on any atom is 0.324 e. The van der Waals surface area contributed by atoms with Gasteiger partial charge in [0.05, 0.1) is 22.5 Å². The zero-order valence-electron chi connectivity index (χ0n) is 22.0. The van der Waals surface area contributed by atoms with Crippen molar-refractivity contribution in [2.75, 3.05) is 10.6 Å². The van der Waals surface area contributed by atoms with Crippen LogP contribution < -0.4 is 15.4 Å². The van der Waals surface area contributed by atoms with E-state index in [9.17, 15) is 4.79 Å². The normalized spacial score (nSPS) is 13.4. The van der Waals surface area contributed by atoms with Crippen molar-refractivity contribution < 1.29 is 13.9 Å². The summed E-state index contributed by atoms with van der Waals surface area (Å²) in [7, 11) is 0. The molecule has 3 aromatic heterocycles. The van der Waals surface area contributed by atoms with Gasteiger partial charge in [-0.3, -0.25) is 5.32 Å². The molecule has 8 nitrogen and oxygen atoms in total. The molecular formula is C30H29FN6O2. The van der Waals surface area contributed by atoms with Crippen molar-refractivity contribution in [2.45, 2.75) is 44.9 Å². The Balaban J connectivity index is 1.20. The number of para-hydroxylation sites is 1. The van der Waals surface area contributed by atoms with E-state index in [1.54, 1.807) is 23.0 Å². The highest BCUT2D eigenvalue weighted by Crippen LogP contribution is 2.45. The molecule has 0 bridgehead atoms. The lowest BCUT2D eigenvalue weighted by Gasteiger charge is -2.14. The molecule has 1 saturated carbocycles. The summed E-state index contributed by atoms with van der Waals surface area (Å²) in [5.41, 5.74) is 3.33. The highest BCUT2D eigenvalue weighted by molar-refractivity contribution is 5.99. The average Bonchev–Trinajstić information content (AvgIpc) is 3.50. The van der Waals surface area contributed by atoms with Crippen molar-refractivity contribution in [1.82, 2.24) is 19.7 Å². The second-order valence-corrected chi connectivity index (χ2v) is 10.8. The van der Waals surface area contributed by atoms with Crippen LogP contribution in [0, 0.1) is 5.82 Å². The van der Waals surface area contributed by atoms with Gasteiger partial charge in [-0.15, -0.1) is 0 Å². The number of nitrogens with one attached hydrogen (secondary N) is 3. The fourth-order valence-electron chi connectivity index (χ4n) is 4.51. The molecule has 198 valence electrons. The van der Waals surface area contributed by atoms with E-state index in [4.69, 9.17) is 9.84 Å². The third kappa shape index (κ3) is 5.07. The SMILES string of the molecule is CC(C)(C)c1cc(NC(=O)Nc2ccc(Oc3ccnc4[nH]cc(C5CC5)c34)cc2F)n(-c2ccccc2)n1. The van der Waals surface area contributed by atoms with Gasteiger partial charge in [0, 0.05) is 29.9 Å². The molecule has 1 aliphatic carbocycles. The maximum absolute atomic E-state index is 15.1. The van der Waals surface area contributed by atoms with Gasteiger partial charge in [0.2, 0.25) is 0 Å². The predicted octanol–water partition coefficient (Wildman–Crippen LogP) is 7.50. The fourth-order valence-corrected chi connectivity index (χ4v) is 4.51. The minimum absolute atomic E-state index is 0.0295. The summed E-state index contributed by atoms with van der Waals surface area (Å²) >= 11 is 0. The molecule has 2 aromatic carbocycles. The second-order valence-electron chi connectivity index (χ2n) is 10.8. The molecule has 0 atom stereocenters. The van der Waals surface area contributed by atoms with E-state index in [0.29, 0.717) is 23.2 Å². The summed E-state index contributed by atoms with van der Waals surface area (Å²) in [6.45, 7) is 6.15. The molecule has 3 heterocycles. The number of ether oxygens (including phenoxy) is 1. The lowest BCUT2D eigenvalue weighted by atomic mass is 9.92. The maximum atomic E-state index is 15.1. The molecular weight excluding hydrogens is 495 g/mol. The molecule has 2 amide bonds. The number of benzene rings is 2. The number of halogens is 1. The topological polar surface area (TPSA) is 96.9 Å². The first kappa shape index (κ1) is 24.7. The first-order chi connectivity index (χ1) is 18.8. The van der Waals surface area contributed by atoms with Gasteiger partial charge >= 0.3 is 6.03 Å². The van der Waals surface area contributed by atoms with E-state index >= 15 is 4.39 Å². The number of amides is 2. The number of aromatic amines is 1. The van der Waals surface area contributed by atoms with Crippen LogP contribution in [0.1, 0.15) is 50.8 Å². The summed E-state index contributed by atoms with van der Waals surface area (Å²) in [6, 6.07) is 16.9. The number of carbonyl (C=O) groups is 1. The lowest BCUT2D eigenvalue weighted by Crippen LogP contribution is -2.21. The number of aromatic nitrogens is 4. The van der Waals surface area contributed by atoms with Crippen molar-refractivity contribution in [3.05, 3.63) is 90.1 Å². The Kier molecular flexibility index (Phi) is 6.06. The summed E-state index contributed by atoms with van der Waals surface area (Å²) in [4.78, 5) is 20.5. The van der Waals surface area contributed by atoms with E-state index in [2.05, 4.69) is 20.6 Å². The van der Waals surface area contributed by atoms with Gasteiger partial charge in [-0.05, 0) is 54.7 Å². The number of fused-ring (bicyclic) bond motifs is 1. The number of rotatable bonds is 6. The predicted molar refractivity (Wildman–Crippen MR) is 149 cm³/mol. The Morgan fingerprint density at radius 3 is 2.59 bits per heavy atom. The third-order valence-electron chi connectivity index (χ3n) is 6.72. The van der Waals surface area contributed by atoms with Gasteiger partial charge < -0.3 is 15.0 Å². The molecule has 0 unspecified atom stereocenters. The summed E-state index contributed by atoms with van der Waals surface area (Å²) in [5.74, 6) is 1.31. The average molecular weight is 525 g/mol.